The predicted molar refractivity (Wildman–Crippen MR) is 118 cm³/mol. The Hall–Kier alpha value is -1.18. The molecule has 1 atom stereocenters. The molecular formula is C19H33IN4O. The quantitative estimate of drug-likeness (QED) is 0.270. The molecule has 1 aromatic rings. The van der Waals surface area contributed by atoms with E-state index < -0.39 is 0 Å². The van der Waals surface area contributed by atoms with Gasteiger partial charge in [0.25, 0.3) is 0 Å². The van der Waals surface area contributed by atoms with Gasteiger partial charge in [-0.2, -0.15) is 0 Å². The Bertz CT molecular complexity index is 524. The molecule has 1 saturated heterocycles. The minimum Gasteiger partial charge on any atom is -0.497 e. The van der Waals surface area contributed by atoms with Crippen LogP contribution in [0.4, 0.5) is 5.69 Å². The van der Waals surface area contributed by atoms with Crippen molar-refractivity contribution >= 4 is 35.6 Å². The first kappa shape index (κ1) is 21.9. The van der Waals surface area contributed by atoms with Gasteiger partial charge in [0, 0.05) is 45.0 Å². The minimum atomic E-state index is 0. The number of guanidine groups is 1. The fraction of sp³-hybridized carbons (Fsp3) is 0.632. The third-order valence-corrected chi connectivity index (χ3v) is 4.56. The van der Waals surface area contributed by atoms with Crippen LogP contribution in [0.5, 0.6) is 5.75 Å². The molecule has 1 fully saturated rings. The van der Waals surface area contributed by atoms with E-state index in [0.29, 0.717) is 5.92 Å². The Kier molecular flexibility index (Phi) is 10.7. The van der Waals surface area contributed by atoms with Gasteiger partial charge in [-0.15, -0.1) is 24.0 Å². The molecule has 1 aliphatic heterocycles. The van der Waals surface area contributed by atoms with Crippen LogP contribution in [0.3, 0.4) is 0 Å². The number of nitrogens with one attached hydrogen (secondary N) is 2. The maximum Gasteiger partial charge on any atom is 0.190 e. The number of ether oxygens (including phenoxy) is 1. The highest BCUT2D eigenvalue weighted by Gasteiger charge is 2.23. The van der Waals surface area contributed by atoms with Gasteiger partial charge < -0.3 is 20.3 Å². The topological polar surface area (TPSA) is 48.9 Å². The lowest BCUT2D eigenvalue weighted by Gasteiger charge is -2.20. The smallest absolute Gasteiger partial charge is 0.190 e. The van der Waals surface area contributed by atoms with Crippen molar-refractivity contribution in [2.24, 2.45) is 10.9 Å². The van der Waals surface area contributed by atoms with E-state index in [1.807, 2.05) is 13.1 Å². The van der Waals surface area contributed by atoms with E-state index in [0.717, 1.165) is 37.9 Å². The molecule has 2 N–H and O–H groups in total. The van der Waals surface area contributed by atoms with E-state index >= 15 is 0 Å². The number of benzene rings is 1. The van der Waals surface area contributed by atoms with Crippen molar-refractivity contribution in [2.45, 2.75) is 32.6 Å². The number of unbranched alkanes of at least 4 members (excludes halogenated alkanes) is 2. The summed E-state index contributed by atoms with van der Waals surface area (Å²) in [6.45, 7) is 6.36. The Morgan fingerprint density at radius 1 is 1.32 bits per heavy atom. The summed E-state index contributed by atoms with van der Waals surface area (Å²) in [6, 6.07) is 8.32. The third kappa shape index (κ3) is 7.30. The van der Waals surface area contributed by atoms with Gasteiger partial charge >= 0.3 is 0 Å². The fourth-order valence-electron chi connectivity index (χ4n) is 3.08. The van der Waals surface area contributed by atoms with Gasteiger partial charge in [-0.05, 0) is 30.9 Å². The van der Waals surface area contributed by atoms with Gasteiger partial charge in [0.2, 0.25) is 0 Å². The molecule has 1 aliphatic rings. The van der Waals surface area contributed by atoms with Crippen LogP contribution in [0.15, 0.2) is 29.3 Å². The second-order valence-corrected chi connectivity index (χ2v) is 6.39. The lowest BCUT2D eigenvalue weighted by Crippen LogP contribution is -2.40. The average Bonchev–Trinajstić information content (AvgIpc) is 3.10. The van der Waals surface area contributed by atoms with Crippen molar-refractivity contribution in [3.63, 3.8) is 0 Å². The second kappa shape index (κ2) is 12.2. The standard InChI is InChI=1S/C19H32N4O.HI/c1-4-5-6-11-21-19(20-2)22-14-16-10-12-23(15-16)17-8-7-9-18(13-17)24-3;/h7-9,13,16H,4-6,10-12,14-15H2,1-3H3,(H2,20,21,22);1H. The van der Waals surface area contributed by atoms with E-state index in [2.05, 4.69) is 45.6 Å². The van der Waals surface area contributed by atoms with Gasteiger partial charge in [0.15, 0.2) is 5.96 Å². The number of rotatable bonds is 8. The number of hydrogen-bond acceptors (Lipinski definition) is 3. The SMILES string of the molecule is CCCCCNC(=NC)NCC1CCN(c2cccc(OC)c2)C1.I. The zero-order valence-corrected chi connectivity index (χ0v) is 18.1. The van der Waals surface area contributed by atoms with Crippen LogP contribution in [-0.4, -0.2) is 46.3 Å². The van der Waals surface area contributed by atoms with Crippen LogP contribution in [0.2, 0.25) is 0 Å². The summed E-state index contributed by atoms with van der Waals surface area (Å²) in [7, 11) is 3.56. The van der Waals surface area contributed by atoms with Crippen LogP contribution in [0.25, 0.3) is 0 Å². The number of hydrogen-bond donors (Lipinski definition) is 2. The lowest BCUT2D eigenvalue weighted by atomic mass is 10.1. The molecule has 1 aromatic carbocycles. The molecule has 1 unspecified atom stereocenters. The van der Waals surface area contributed by atoms with Crippen LogP contribution in [0, 0.1) is 5.92 Å². The summed E-state index contributed by atoms with van der Waals surface area (Å²) < 4.78 is 5.33. The second-order valence-electron chi connectivity index (χ2n) is 6.39. The first-order valence-corrected chi connectivity index (χ1v) is 9.10. The van der Waals surface area contributed by atoms with Crippen molar-refractivity contribution in [2.75, 3.05) is 45.2 Å². The van der Waals surface area contributed by atoms with Gasteiger partial charge in [-0.3, -0.25) is 4.99 Å². The maximum absolute atomic E-state index is 5.33. The highest BCUT2D eigenvalue weighted by Crippen LogP contribution is 2.26. The van der Waals surface area contributed by atoms with Crippen molar-refractivity contribution in [1.29, 1.82) is 0 Å². The highest BCUT2D eigenvalue weighted by atomic mass is 127. The van der Waals surface area contributed by atoms with E-state index in [4.69, 9.17) is 4.74 Å². The monoisotopic (exact) mass is 460 g/mol. The van der Waals surface area contributed by atoms with E-state index in [1.54, 1.807) is 7.11 Å². The summed E-state index contributed by atoms with van der Waals surface area (Å²) in [4.78, 5) is 6.75. The molecule has 25 heavy (non-hydrogen) atoms. The first-order valence-electron chi connectivity index (χ1n) is 9.10. The molecule has 6 heteroatoms. The molecule has 1 heterocycles. The van der Waals surface area contributed by atoms with E-state index in [1.165, 1.54) is 31.4 Å². The fourth-order valence-corrected chi connectivity index (χ4v) is 3.08. The van der Waals surface area contributed by atoms with E-state index in [-0.39, 0.29) is 24.0 Å². The van der Waals surface area contributed by atoms with Gasteiger partial charge in [-0.1, -0.05) is 25.8 Å². The maximum atomic E-state index is 5.33. The summed E-state index contributed by atoms with van der Waals surface area (Å²) >= 11 is 0. The van der Waals surface area contributed by atoms with Crippen LogP contribution < -0.4 is 20.3 Å². The van der Waals surface area contributed by atoms with Gasteiger partial charge in [0.1, 0.15) is 5.75 Å². The van der Waals surface area contributed by atoms with Crippen molar-refractivity contribution in [3.05, 3.63) is 24.3 Å². The zero-order valence-electron chi connectivity index (χ0n) is 15.8. The lowest BCUT2D eigenvalue weighted by molar-refractivity contribution is 0.415. The molecule has 0 aromatic heterocycles. The van der Waals surface area contributed by atoms with Crippen molar-refractivity contribution in [1.82, 2.24) is 10.6 Å². The summed E-state index contributed by atoms with van der Waals surface area (Å²) in [5.74, 6) is 2.49. The molecule has 0 aliphatic carbocycles. The molecule has 0 amide bonds. The summed E-state index contributed by atoms with van der Waals surface area (Å²) in [5.41, 5.74) is 1.25. The Labute approximate surface area is 169 Å². The number of methoxy groups -OCH3 is 1. The normalized spacial score (nSPS) is 17.2. The zero-order chi connectivity index (χ0) is 17.2. The third-order valence-electron chi connectivity index (χ3n) is 4.56. The molecular weight excluding hydrogens is 427 g/mol. The van der Waals surface area contributed by atoms with Crippen LogP contribution in [-0.2, 0) is 0 Å². The number of anilines is 1. The average molecular weight is 460 g/mol. The molecule has 0 spiro atoms. The Morgan fingerprint density at radius 2 is 2.16 bits per heavy atom. The molecule has 0 radical (unpaired) electrons. The highest BCUT2D eigenvalue weighted by molar-refractivity contribution is 14.0. The number of halogens is 1. The first-order chi connectivity index (χ1) is 11.8. The Balaban J connectivity index is 0.00000312. The minimum absolute atomic E-state index is 0. The summed E-state index contributed by atoms with van der Waals surface area (Å²) in [6.07, 6.45) is 4.92. The van der Waals surface area contributed by atoms with Crippen LogP contribution in [0.1, 0.15) is 32.6 Å². The van der Waals surface area contributed by atoms with Gasteiger partial charge in [0.05, 0.1) is 7.11 Å². The van der Waals surface area contributed by atoms with Gasteiger partial charge in [-0.25, -0.2) is 0 Å². The molecule has 0 bridgehead atoms. The molecule has 2 rings (SSSR count). The number of aliphatic imine (C=N–C) groups is 1. The molecule has 5 nitrogen and oxygen atoms in total. The molecule has 142 valence electrons. The van der Waals surface area contributed by atoms with Crippen molar-refractivity contribution in [3.8, 4) is 5.75 Å². The molecule has 0 saturated carbocycles. The van der Waals surface area contributed by atoms with E-state index in [9.17, 15) is 0 Å². The van der Waals surface area contributed by atoms with Crippen LogP contribution >= 0.6 is 24.0 Å². The summed E-state index contributed by atoms with van der Waals surface area (Å²) in [5, 5.41) is 6.87. The Morgan fingerprint density at radius 3 is 2.88 bits per heavy atom. The number of nitrogens with zero attached hydrogens (tertiary/aromatic N) is 2. The largest absolute Gasteiger partial charge is 0.497 e. The van der Waals surface area contributed by atoms with Crippen molar-refractivity contribution < 1.29 is 4.74 Å². The predicted octanol–water partition coefficient (Wildman–Crippen LogP) is 3.49.